The zero-order chi connectivity index (χ0) is 9.94. The Morgan fingerprint density at radius 3 is 2.54 bits per heavy atom. The van der Waals surface area contributed by atoms with Crippen LogP contribution in [0.15, 0.2) is 0 Å². The third kappa shape index (κ3) is 11.5. The fourth-order valence-corrected chi connectivity index (χ4v) is 0.755. The van der Waals surface area contributed by atoms with Crippen LogP contribution in [0.1, 0.15) is 13.3 Å². The van der Waals surface area contributed by atoms with Gasteiger partial charge in [-0.2, -0.15) is 0 Å². The molecule has 0 aliphatic rings. The molecule has 4 heteroatoms. The summed E-state index contributed by atoms with van der Waals surface area (Å²) in [6.07, 6.45) is 0.844. The molecule has 0 aromatic heterocycles. The van der Waals surface area contributed by atoms with Crippen molar-refractivity contribution in [3.8, 4) is 0 Å². The Balaban J connectivity index is 2.87. The molecule has 0 aliphatic heterocycles. The fraction of sp³-hybridized carbons (Fsp3) is 0.889. The van der Waals surface area contributed by atoms with Crippen LogP contribution in [0.5, 0.6) is 0 Å². The summed E-state index contributed by atoms with van der Waals surface area (Å²) in [6, 6.07) is 0. The largest absolute Gasteiger partial charge is 0.380 e. The van der Waals surface area contributed by atoms with Crippen LogP contribution in [0.4, 0.5) is 0 Å². The van der Waals surface area contributed by atoms with Gasteiger partial charge in [0.1, 0.15) is 6.61 Å². The lowest BCUT2D eigenvalue weighted by Gasteiger charge is -2.03. The molecule has 0 aliphatic carbocycles. The summed E-state index contributed by atoms with van der Waals surface area (Å²) >= 11 is 0. The van der Waals surface area contributed by atoms with Crippen molar-refractivity contribution < 1.29 is 14.3 Å². The molecule has 0 unspecified atom stereocenters. The maximum atomic E-state index is 10.5. The normalized spacial score (nSPS) is 10.3. The lowest BCUT2D eigenvalue weighted by molar-refractivity contribution is -0.121. The van der Waals surface area contributed by atoms with Crippen LogP contribution in [0, 0.1) is 0 Å². The van der Waals surface area contributed by atoms with E-state index in [9.17, 15) is 4.79 Å². The Kier molecular flexibility index (Phi) is 9.30. The molecule has 0 aromatic rings. The second kappa shape index (κ2) is 9.64. The van der Waals surface area contributed by atoms with Crippen molar-refractivity contribution in [3.05, 3.63) is 0 Å². The van der Waals surface area contributed by atoms with E-state index in [4.69, 9.17) is 9.47 Å². The van der Waals surface area contributed by atoms with E-state index in [1.807, 2.05) is 7.05 Å². The van der Waals surface area contributed by atoms with Gasteiger partial charge in [0.2, 0.25) is 0 Å². The first-order chi connectivity index (χ1) is 6.27. The Morgan fingerprint density at radius 1 is 1.23 bits per heavy atom. The van der Waals surface area contributed by atoms with Crippen LogP contribution in [-0.2, 0) is 14.3 Å². The third-order valence-corrected chi connectivity index (χ3v) is 1.38. The number of hydrogen-bond acceptors (Lipinski definition) is 4. The van der Waals surface area contributed by atoms with E-state index >= 15 is 0 Å². The van der Waals surface area contributed by atoms with Crippen molar-refractivity contribution in [3.63, 3.8) is 0 Å². The first-order valence-corrected chi connectivity index (χ1v) is 4.57. The molecule has 78 valence electrons. The summed E-state index contributed by atoms with van der Waals surface area (Å²) in [5, 5.41) is 2.98. The second-order valence-corrected chi connectivity index (χ2v) is 2.82. The van der Waals surface area contributed by atoms with Crippen molar-refractivity contribution in [2.45, 2.75) is 13.3 Å². The highest BCUT2D eigenvalue weighted by molar-refractivity contribution is 5.76. The number of likely N-dealkylation sites (N-methyl/N-ethyl adjacent to an activating group) is 1. The maximum absolute atomic E-state index is 10.5. The predicted molar refractivity (Wildman–Crippen MR) is 50.9 cm³/mol. The highest BCUT2D eigenvalue weighted by atomic mass is 16.5. The number of rotatable bonds is 9. The number of carbonyl (C=O) groups excluding carboxylic acids is 1. The van der Waals surface area contributed by atoms with Crippen molar-refractivity contribution in [2.75, 3.05) is 40.0 Å². The molecule has 0 aromatic carbocycles. The molecule has 4 nitrogen and oxygen atoms in total. The molecule has 0 bridgehead atoms. The van der Waals surface area contributed by atoms with Crippen LogP contribution in [0.3, 0.4) is 0 Å². The van der Waals surface area contributed by atoms with E-state index in [0.29, 0.717) is 13.2 Å². The first kappa shape index (κ1) is 12.6. The zero-order valence-electron chi connectivity index (χ0n) is 8.47. The molecule has 13 heavy (non-hydrogen) atoms. The summed E-state index contributed by atoms with van der Waals surface area (Å²) in [5.74, 6) is 0.0658. The van der Waals surface area contributed by atoms with E-state index in [1.54, 1.807) is 0 Å². The molecule has 0 atom stereocenters. The molecule has 0 radical (unpaired) electrons. The summed E-state index contributed by atoms with van der Waals surface area (Å²) in [4.78, 5) is 10.5. The number of ketones is 1. The van der Waals surface area contributed by atoms with Crippen LogP contribution < -0.4 is 5.32 Å². The van der Waals surface area contributed by atoms with Gasteiger partial charge in [-0.1, -0.05) is 0 Å². The molecule has 0 fully saturated rings. The standard InChI is InChI=1S/C9H19NO3/c1-9(11)8-13-6-3-5-12-7-4-10-2/h10H,3-8H2,1-2H3. The smallest absolute Gasteiger partial charge is 0.155 e. The average molecular weight is 189 g/mol. The maximum Gasteiger partial charge on any atom is 0.155 e. The van der Waals surface area contributed by atoms with E-state index in [-0.39, 0.29) is 12.4 Å². The second-order valence-electron chi connectivity index (χ2n) is 2.82. The van der Waals surface area contributed by atoms with Gasteiger partial charge in [-0.3, -0.25) is 4.79 Å². The SMILES string of the molecule is CNCCOCCCOCC(C)=O. The van der Waals surface area contributed by atoms with E-state index in [1.165, 1.54) is 6.92 Å². The minimum absolute atomic E-state index is 0.0658. The summed E-state index contributed by atoms with van der Waals surface area (Å²) in [7, 11) is 1.89. The van der Waals surface area contributed by atoms with Gasteiger partial charge < -0.3 is 14.8 Å². The number of hydrogen-bond donors (Lipinski definition) is 1. The lowest BCUT2D eigenvalue weighted by atomic mass is 10.4. The Labute approximate surface area is 79.6 Å². The molecule has 0 amide bonds. The number of ether oxygens (including phenoxy) is 2. The van der Waals surface area contributed by atoms with Crippen molar-refractivity contribution >= 4 is 5.78 Å². The monoisotopic (exact) mass is 189 g/mol. The highest BCUT2D eigenvalue weighted by Crippen LogP contribution is 1.85. The molecule has 1 N–H and O–H groups in total. The van der Waals surface area contributed by atoms with Crippen molar-refractivity contribution in [1.82, 2.24) is 5.32 Å². The van der Waals surface area contributed by atoms with Crippen LogP contribution in [0.2, 0.25) is 0 Å². The number of carbonyl (C=O) groups is 1. The molecular weight excluding hydrogens is 170 g/mol. The quantitative estimate of drug-likeness (QED) is 0.527. The van der Waals surface area contributed by atoms with Crippen LogP contribution in [0.25, 0.3) is 0 Å². The van der Waals surface area contributed by atoms with Gasteiger partial charge >= 0.3 is 0 Å². The van der Waals surface area contributed by atoms with Gasteiger partial charge in [0.05, 0.1) is 6.61 Å². The van der Waals surface area contributed by atoms with Crippen molar-refractivity contribution in [2.24, 2.45) is 0 Å². The summed E-state index contributed by atoms with van der Waals surface area (Å²) in [5.41, 5.74) is 0. The topological polar surface area (TPSA) is 47.6 Å². The summed E-state index contributed by atoms with van der Waals surface area (Å²) in [6.45, 7) is 4.62. The summed E-state index contributed by atoms with van der Waals surface area (Å²) < 4.78 is 10.3. The van der Waals surface area contributed by atoms with Gasteiger partial charge in [0, 0.05) is 19.8 Å². The molecule has 0 spiro atoms. The minimum atomic E-state index is 0.0658. The van der Waals surface area contributed by atoms with E-state index < -0.39 is 0 Å². The van der Waals surface area contributed by atoms with Crippen LogP contribution >= 0.6 is 0 Å². The highest BCUT2D eigenvalue weighted by Gasteiger charge is 1.93. The van der Waals surface area contributed by atoms with Gasteiger partial charge in [-0.25, -0.2) is 0 Å². The molecule has 0 saturated carbocycles. The molecular formula is C9H19NO3. The van der Waals surface area contributed by atoms with Gasteiger partial charge in [0.15, 0.2) is 5.78 Å². The first-order valence-electron chi connectivity index (χ1n) is 4.57. The van der Waals surface area contributed by atoms with E-state index in [0.717, 1.165) is 19.6 Å². The predicted octanol–water partition coefficient (Wildman–Crippen LogP) is 0.218. The zero-order valence-corrected chi connectivity index (χ0v) is 8.47. The average Bonchev–Trinajstić information content (AvgIpc) is 2.09. The Morgan fingerprint density at radius 2 is 1.92 bits per heavy atom. The molecule has 0 rings (SSSR count). The number of Topliss-reactive ketones (excluding diaryl/α,β-unsaturated/α-hetero) is 1. The third-order valence-electron chi connectivity index (χ3n) is 1.38. The molecule has 0 saturated heterocycles. The Hall–Kier alpha value is -0.450. The fourth-order valence-electron chi connectivity index (χ4n) is 0.755. The minimum Gasteiger partial charge on any atom is -0.380 e. The van der Waals surface area contributed by atoms with Gasteiger partial charge in [-0.15, -0.1) is 0 Å². The van der Waals surface area contributed by atoms with Gasteiger partial charge in [-0.05, 0) is 20.4 Å². The molecule has 0 heterocycles. The van der Waals surface area contributed by atoms with Crippen LogP contribution in [-0.4, -0.2) is 45.8 Å². The van der Waals surface area contributed by atoms with E-state index in [2.05, 4.69) is 5.32 Å². The van der Waals surface area contributed by atoms with Crippen molar-refractivity contribution in [1.29, 1.82) is 0 Å². The number of nitrogens with one attached hydrogen (secondary N) is 1. The van der Waals surface area contributed by atoms with Gasteiger partial charge in [0.25, 0.3) is 0 Å². The lowest BCUT2D eigenvalue weighted by Crippen LogP contribution is -2.15. The Bertz CT molecular complexity index is 128.